The minimum absolute atomic E-state index is 0.820. The van der Waals surface area contributed by atoms with E-state index >= 15 is 0 Å². The highest BCUT2D eigenvalue weighted by molar-refractivity contribution is 4.75. The normalized spacial score (nSPS) is 22.2. The largest absolute Gasteiger partial charge is 0.330 e. The van der Waals surface area contributed by atoms with Crippen molar-refractivity contribution in [1.82, 2.24) is 9.80 Å². The monoisotopic (exact) mass is 241 g/mol. The van der Waals surface area contributed by atoms with Crippen LogP contribution in [0, 0.1) is 0 Å². The molecule has 0 radical (unpaired) electrons. The van der Waals surface area contributed by atoms with Crippen LogP contribution in [-0.2, 0) is 0 Å². The molecule has 0 spiro atoms. The lowest BCUT2D eigenvalue weighted by atomic mass is 10.00. The Morgan fingerprint density at radius 1 is 1.24 bits per heavy atom. The number of piperidine rings is 1. The zero-order valence-electron chi connectivity index (χ0n) is 11.8. The first-order valence-electron chi connectivity index (χ1n) is 7.40. The minimum atomic E-state index is 0.820. The van der Waals surface area contributed by atoms with Crippen LogP contribution in [0.5, 0.6) is 0 Å². The molecular formula is C14H31N3. The Morgan fingerprint density at radius 2 is 2.06 bits per heavy atom. The average Bonchev–Trinajstić information content (AvgIpc) is 2.34. The molecule has 1 atom stereocenters. The van der Waals surface area contributed by atoms with Gasteiger partial charge in [0, 0.05) is 6.04 Å². The van der Waals surface area contributed by atoms with E-state index in [1.54, 1.807) is 0 Å². The standard InChI is InChI=1S/C14H31N3/c1-3-10-17(12-6-9-15)13-8-14-7-4-5-11-16(14)2/h14H,3-13,15H2,1-2H3. The summed E-state index contributed by atoms with van der Waals surface area (Å²) in [6.45, 7) is 8.05. The SMILES string of the molecule is CCCN(CCCN)CCC1CCCCN1C. The fourth-order valence-corrected chi connectivity index (χ4v) is 2.81. The van der Waals surface area contributed by atoms with E-state index in [1.807, 2.05) is 0 Å². The van der Waals surface area contributed by atoms with Crippen molar-refractivity contribution in [3.63, 3.8) is 0 Å². The number of nitrogens with two attached hydrogens (primary N) is 1. The highest BCUT2D eigenvalue weighted by atomic mass is 15.2. The van der Waals surface area contributed by atoms with Crippen molar-refractivity contribution < 1.29 is 0 Å². The number of hydrogen-bond donors (Lipinski definition) is 1. The second-order valence-electron chi connectivity index (χ2n) is 5.40. The number of hydrogen-bond acceptors (Lipinski definition) is 3. The topological polar surface area (TPSA) is 32.5 Å². The maximum absolute atomic E-state index is 5.60. The molecule has 1 saturated heterocycles. The van der Waals surface area contributed by atoms with Gasteiger partial charge in [-0.15, -0.1) is 0 Å². The molecule has 1 unspecified atom stereocenters. The molecule has 0 bridgehead atoms. The molecule has 17 heavy (non-hydrogen) atoms. The molecule has 0 amide bonds. The van der Waals surface area contributed by atoms with Gasteiger partial charge in [-0.05, 0) is 71.9 Å². The van der Waals surface area contributed by atoms with Crippen LogP contribution in [0.4, 0.5) is 0 Å². The van der Waals surface area contributed by atoms with Crippen molar-refractivity contribution in [3.05, 3.63) is 0 Å². The Morgan fingerprint density at radius 3 is 2.71 bits per heavy atom. The first kappa shape index (κ1) is 14.9. The molecule has 102 valence electrons. The van der Waals surface area contributed by atoms with Crippen LogP contribution in [0.15, 0.2) is 0 Å². The Kier molecular flexibility index (Phi) is 7.82. The molecule has 0 aliphatic carbocycles. The van der Waals surface area contributed by atoms with Gasteiger partial charge < -0.3 is 15.5 Å². The molecule has 0 aromatic heterocycles. The smallest absolute Gasteiger partial charge is 0.0104 e. The van der Waals surface area contributed by atoms with E-state index in [0.29, 0.717) is 0 Å². The van der Waals surface area contributed by atoms with Crippen molar-refractivity contribution in [2.75, 3.05) is 39.8 Å². The van der Waals surface area contributed by atoms with Crippen molar-refractivity contribution in [2.24, 2.45) is 5.73 Å². The third kappa shape index (κ3) is 5.84. The number of rotatable bonds is 8. The summed E-state index contributed by atoms with van der Waals surface area (Å²) >= 11 is 0. The summed E-state index contributed by atoms with van der Waals surface area (Å²) in [6.07, 6.45) is 7.93. The second kappa shape index (κ2) is 8.90. The van der Waals surface area contributed by atoms with Crippen LogP contribution in [0.25, 0.3) is 0 Å². The number of likely N-dealkylation sites (tertiary alicyclic amines) is 1. The summed E-state index contributed by atoms with van der Waals surface area (Å²) in [4.78, 5) is 5.14. The van der Waals surface area contributed by atoms with E-state index in [9.17, 15) is 0 Å². The Balaban J connectivity index is 2.23. The van der Waals surface area contributed by atoms with Gasteiger partial charge in [0.05, 0.1) is 0 Å². The lowest BCUT2D eigenvalue weighted by molar-refractivity contribution is 0.153. The summed E-state index contributed by atoms with van der Waals surface area (Å²) in [5.74, 6) is 0. The van der Waals surface area contributed by atoms with Gasteiger partial charge >= 0.3 is 0 Å². The summed E-state index contributed by atoms with van der Waals surface area (Å²) in [5.41, 5.74) is 5.60. The van der Waals surface area contributed by atoms with Crippen LogP contribution >= 0.6 is 0 Å². The summed E-state index contributed by atoms with van der Waals surface area (Å²) in [6, 6.07) is 0.820. The fourth-order valence-electron chi connectivity index (χ4n) is 2.81. The quantitative estimate of drug-likeness (QED) is 0.705. The zero-order chi connectivity index (χ0) is 12.5. The molecular weight excluding hydrogens is 210 g/mol. The van der Waals surface area contributed by atoms with Crippen molar-refractivity contribution in [1.29, 1.82) is 0 Å². The van der Waals surface area contributed by atoms with E-state index in [4.69, 9.17) is 5.73 Å². The third-order valence-corrected chi connectivity index (χ3v) is 3.92. The molecule has 0 aromatic carbocycles. The summed E-state index contributed by atoms with van der Waals surface area (Å²) < 4.78 is 0. The van der Waals surface area contributed by atoms with Crippen LogP contribution in [0.2, 0.25) is 0 Å². The molecule has 0 aromatic rings. The van der Waals surface area contributed by atoms with Crippen molar-refractivity contribution in [2.45, 2.75) is 51.5 Å². The van der Waals surface area contributed by atoms with E-state index in [-0.39, 0.29) is 0 Å². The molecule has 1 aliphatic heterocycles. The van der Waals surface area contributed by atoms with E-state index in [1.165, 1.54) is 58.3 Å². The summed E-state index contributed by atoms with van der Waals surface area (Å²) in [7, 11) is 2.29. The van der Waals surface area contributed by atoms with Gasteiger partial charge in [0.25, 0.3) is 0 Å². The first-order valence-corrected chi connectivity index (χ1v) is 7.40. The van der Waals surface area contributed by atoms with Crippen LogP contribution in [0.3, 0.4) is 0 Å². The van der Waals surface area contributed by atoms with Gasteiger partial charge in [-0.3, -0.25) is 0 Å². The Hall–Kier alpha value is -0.120. The van der Waals surface area contributed by atoms with Crippen LogP contribution in [-0.4, -0.2) is 55.6 Å². The maximum atomic E-state index is 5.60. The van der Waals surface area contributed by atoms with E-state index in [0.717, 1.165) is 19.0 Å². The highest BCUT2D eigenvalue weighted by Crippen LogP contribution is 2.18. The lowest BCUT2D eigenvalue weighted by Crippen LogP contribution is -2.39. The molecule has 1 rings (SSSR count). The van der Waals surface area contributed by atoms with Crippen molar-refractivity contribution in [3.8, 4) is 0 Å². The predicted molar refractivity (Wildman–Crippen MR) is 75.3 cm³/mol. The van der Waals surface area contributed by atoms with Gasteiger partial charge in [-0.25, -0.2) is 0 Å². The second-order valence-corrected chi connectivity index (χ2v) is 5.40. The molecule has 0 saturated carbocycles. The van der Waals surface area contributed by atoms with Crippen LogP contribution in [0.1, 0.15) is 45.4 Å². The Bertz CT molecular complexity index is 184. The average molecular weight is 241 g/mol. The molecule has 1 heterocycles. The van der Waals surface area contributed by atoms with Gasteiger partial charge in [0.2, 0.25) is 0 Å². The van der Waals surface area contributed by atoms with E-state index < -0.39 is 0 Å². The predicted octanol–water partition coefficient (Wildman–Crippen LogP) is 1.92. The lowest BCUT2D eigenvalue weighted by Gasteiger charge is -2.34. The molecule has 2 N–H and O–H groups in total. The summed E-state index contributed by atoms with van der Waals surface area (Å²) in [5, 5.41) is 0. The molecule has 3 nitrogen and oxygen atoms in total. The van der Waals surface area contributed by atoms with Gasteiger partial charge in [-0.1, -0.05) is 13.3 Å². The Labute approximate surface area is 107 Å². The number of nitrogens with zero attached hydrogens (tertiary/aromatic N) is 2. The maximum Gasteiger partial charge on any atom is 0.0104 e. The fraction of sp³-hybridized carbons (Fsp3) is 1.00. The molecule has 1 fully saturated rings. The molecule has 1 aliphatic rings. The van der Waals surface area contributed by atoms with Crippen LogP contribution < -0.4 is 5.73 Å². The van der Waals surface area contributed by atoms with Gasteiger partial charge in [0.1, 0.15) is 0 Å². The first-order chi connectivity index (χ1) is 8.27. The molecule has 3 heteroatoms. The minimum Gasteiger partial charge on any atom is -0.330 e. The highest BCUT2D eigenvalue weighted by Gasteiger charge is 2.19. The zero-order valence-corrected chi connectivity index (χ0v) is 11.8. The van der Waals surface area contributed by atoms with E-state index in [2.05, 4.69) is 23.8 Å². The third-order valence-electron chi connectivity index (χ3n) is 3.92. The van der Waals surface area contributed by atoms with Gasteiger partial charge in [-0.2, -0.15) is 0 Å². The van der Waals surface area contributed by atoms with Gasteiger partial charge in [0.15, 0.2) is 0 Å². The van der Waals surface area contributed by atoms with Crippen molar-refractivity contribution >= 4 is 0 Å².